The topological polar surface area (TPSA) is 192 Å². The third kappa shape index (κ3) is 3.51. The summed E-state index contributed by atoms with van der Waals surface area (Å²) in [5.74, 6) is -0.875. The van der Waals surface area contributed by atoms with Gasteiger partial charge in [-0.05, 0) is 5.92 Å². The molecule has 7 N–H and O–H groups in total. The van der Waals surface area contributed by atoms with Gasteiger partial charge < -0.3 is 31.2 Å². The van der Waals surface area contributed by atoms with E-state index in [0.717, 1.165) is 0 Å². The number of nitrogens with one attached hydrogen (secondary N) is 1. The maximum Gasteiger partial charge on any atom is 0.323 e. The van der Waals surface area contributed by atoms with Crippen molar-refractivity contribution in [3.63, 3.8) is 0 Å². The first-order valence-electron chi connectivity index (χ1n) is 8.36. The number of carbonyl (C=O) groups is 1. The molecule has 1 aliphatic rings. The van der Waals surface area contributed by atoms with Crippen LogP contribution in [-0.4, -0.2) is 66.7 Å². The molecule has 0 spiro atoms. The second-order valence-corrected chi connectivity index (χ2v) is 6.72. The normalized spacial score (nSPS) is 26.6. The predicted molar refractivity (Wildman–Crippen MR) is 92.3 cm³/mol. The van der Waals surface area contributed by atoms with Gasteiger partial charge in [0.2, 0.25) is 5.95 Å². The Morgan fingerprint density at radius 1 is 1.44 bits per heavy atom. The van der Waals surface area contributed by atoms with E-state index in [0.29, 0.717) is 0 Å². The van der Waals surface area contributed by atoms with E-state index >= 15 is 0 Å². The molecule has 1 saturated heterocycles. The maximum absolute atomic E-state index is 11.9. The van der Waals surface area contributed by atoms with Gasteiger partial charge in [-0.25, -0.2) is 4.98 Å². The van der Waals surface area contributed by atoms with E-state index in [2.05, 4.69) is 15.0 Å². The number of nitrogens with zero attached hydrogens (tertiary/aromatic N) is 3. The van der Waals surface area contributed by atoms with Crippen LogP contribution in [-0.2, 0) is 14.3 Å². The number of H-pyrrole nitrogens is 1. The summed E-state index contributed by atoms with van der Waals surface area (Å²) in [4.78, 5) is 34.0. The lowest BCUT2D eigenvalue weighted by Gasteiger charge is -2.18. The second kappa shape index (κ2) is 7.23. The summed E-state index contributed by atoms with van der Waals surface area (Å²) in [6, 6.07) is -0.805. The fourth-order valence-electron chi connectivity index (χ4n) is 2.76. The molecule has 2 aromatic heterocycles. The smallest absolute Gasteiger partial charge is 0.323 e. The first-order chi connectivity index (χ1) is 12.7. The van der Waals surface area contributed by atoms with Crippen molar-refractivity contribution in [3.05, 3.63) is 16.7 Å². The van der Waals surface area contributed by atoms with Crippen molar-refractivity contribution < 1.29 is 24.5 Å². The Morgan fingerprint density at radius 2 is 2.15 bits per heavy atom. The molecule has 3 heterocycles. The molecule has 0 bridgehead atoms. The van der Waals surface area contributed by atoms with Gasteiger partial charge in [0.05, 0.1) is 6.33 Å². The summed E-state index contributed by atoms with van der Waals surface area (Å²) in [5, 5.41) is 20.6. The molecular formula is C15H22N6O6. The summed E-state index contributed by atoms with van der Waals surface area (Å²) in [7, 11) is 0. The van der Waals surface area contributed by atoms with Crippen molar-refractivity contribution in [1.82, 2.24) is 19.5 Å². The lowest BCUT2D eigenvalue weighted by molar-refractivity contribution is -0.152. The Hall–Kier alpha value is -2.54. The van der Waals surface area contributed by atoms with Crippen molar-refractivity contribution in [2.75, 3.05) is 12.3 Å². The Morgan fingerprint density at radius 3 is 2.81 bits per heavy atom. The zero-order chi connectivity index (χ0) is 19.9. The summed E-state index contributed by atoms with van der Waals surface area (Å²) < 4.78 is 12.0. The van der Waals surface area contributed by atoms with Gasteiger partial charge in [0, 0.05) is 0 Å². The van der Waals surface area contributed by atoms with E-state index in [1.807, 2.05) is 0 Å². The van der Waals surface area contributed by atoms with Crippen LogP contribution in [0.15, 0.2) is 11.1 Å². The van der Waals surface area contributed by atoms with Gasteiger partial charge in [0.25, 0.3) is 5.56 Å². The summed E-state index contributed by atoms with van der Waals surface area (Å²) in [6.07, 6.45) is -3.55. The maximum atomic E-state index is 11.9. The molecule has 27 heavy (non-hydrogen) atoms. The molecule has 0 unspecified atom stereocenters. The summed E-state index contributed by atoms with van der Waals surface area (Å²) in [5.41, 5.74) is 10.8. The van der Waals surface area contributed by atoms with Gasteiger partial charge in [-0.15, -0.1) is 0 Å². The van der Waals surface area contributed by atoms with Gasteiger partial charge in [0.15, 0.2) is 17.4 Å². The zero-order valence-corrected chi connectivity index (χ0v) is 14.8. The van der Waals surface area contributed by atoms with Crippen LogP contribution in [0.4, 0.5) is 5.95 Å². The van der Waals surface area contributed by atoms with Crippen molar-refractivity contribution in [3.8, 4) is 0 Å². The zero-order valence-electron chi connectivity index (χ0n) is 14.8. The van der Waals surface area contributed by atoms with Crippen LogP contribution < -0.4 is 17.0 Å². The van der Waals surface area contributed by atoms with Crippen molar-refractivity contribution >= 4 is 23.1 Å². The van der Waals surface area contributed by atoms with Gasteiger partial charge in [-0.2, -0.15) is 4.98 Å². The molecule has 5 atom stereocenters. The average molecular weight is 382 g/mol. The van der Waals surface area contributed by atoms with Crippen molar-refractivity contribution in [2.24, 2.45) is 11.7 Å². The number of rotatable bonds is 5. The lowest BCUT2D eigenvalue weighted by Crippen LogP contribution is -2.40. The fourth-order valence-corrected chi connectivity index (χ4v) is 2.76. The molecule has 0 aliphatic carbocycles. The Bertz CT molecular complexity index is 895. The number of fused-ring (bicyclic) bond motifs is 1. The number of nitrogens with two attached hydrogens (primary N) is 2. The molecule has 1 aliphatic heterocycles. The molecule has 148 valence electrons. The highest BCUT2D eigenvalue weighted by atomic mass is 16.6. The lowest BCUT2D eigenvalue weighted by atomic mass is 10.1. The molecule has 2 aromatic rings. The third-order valence-electron chi connectivity index (χ3n) is 4.44. The number of carbonyl (C=O) groups excluding carboxylic acids is 1. The Labute approximate surface area is 153 Å². The van der Waals surface area contributed by atoms with Crippen molar-refractivity contribution in [1.29, 1.82) is 0 Å². The molecule has 12 nitrogen and oxygen atoms in total. The number of aliphatic hydroxyl groups excluding tert-OH is 2. The Balaban J connectivity index is 1.78. The molecule has 0 aromatic carbocycles. The van der Waals surface area contributed by atoms with E-state index in [-0.39, 0.29) is 29.6 Å². The highest BCUT2D eigenvalue weighted by Gasteiger charge is 2.45. The first-order valence-corrected chi connectivity index (χ1v) is 8.36. The minimum Gasteiger partial charge on any atom is -0.462 e. The first kappa shape index (κ1) is 19.2. The predicted octanol–water partition coefficient (Wildman–Crippen LogP) is -2.15. The number of nitrogen functional groups attached to an aromatic ring is 1. The van der Waals surface area contributed by atoms with Gasteiger partial charge in [0.1, 0.15) is 31.0 Å². The number of esters is 1. The van der Waals surface area contributed by atoms with Crippen LogP contribution in [0.2, 0.25) is 0 Å². The monoisotopic (exact) mass is 382 g/mol. The van der Waals surface area contributed by atoms with E-state index in [9.17, 15) is 19.8 Å². The molecule has 12 heteroatoms. The van der Waals surface area contributed by atoms with Gasteiger partial charge in [-0.1, -0.05) is 13.8 Å². The summed E-state index contributed by atoms with van der Waals surface area (Å²) >= 11 is 0. The molecular weight excluding hydrogens is 360 g/mol. The quantitative estimate of drug-likeness (QED) is 0.356. The van der Waals surface area contributed by atoms with Crippen LogP contribution in [0.1, 0.15) is 20.1 Å². The van der Waals surface area contributed by atoms with Gasteiger partial charge >= 0.3 is 5.97 Å². The van der Waals surface area contributed by atoms with Crippen LogP contribution in [0.5, 0.6) is 0 Å². The number of aromatic nitrogens is 4. The molecule has 0 amide bonds. The number of anilines is 1. The number of aliphatic hydroxyl groups is 2. The largest absolute Gasteiger partial charge is 0.462 e. The van der Waals surface area contributed by atoms with E-state index < -0.39 is 42.1 Å². The highest BCUT2D eigenvalue weighted by molar-refractivity contribution is 5.75. The minimum absolute atomic E-state index is 0.00674. The molecule has 1 fully saturated rings. The number of hydrogen-bond acceptors (Lipinski definition) is 10. The second-order valence-electron chi connectivity index (χ2n) is 6.72. The highest BCUT2D eigenvalue weighted by Crippen LogP contribution is 2.31. The fraction of sp³-hybridized carbons (Fsp3) is 0.600. The standard InChI is InChI=1S/C15H22N6O6/c1-5(2)7(16)14(25)26-3-6-9(22)10(23)13(27-6)21-4-18-8-11(21)19-15(17)20-12(8)24/h4-7,9-10,13,22-23H,3,16H2,1-2H3,(H3,17,19,20,24)/t6-,7+,9-,10-,13-/m1/s1. The third-order valence-corrected chi connectivity index (χ3v) is 4.44. The number of ether oxygens (including phenoxy) is 2. The average Bonchev–Trinajstić information content (AvgIpc) is 3.14. The number of hydrogen-bond donors (Lipinski definition) is 5. The molecule has 3 rings (SSSR count). The van der Waals surface area contributed by atoms with E-state index in [4.69, 9.17) is 20.9 Å². The van der Waals surface area contributed by atoms with Crippen LogP contribution in [0, 0.1) is 5.92 Å². The SMILES string of the molecule is CC(C)[C@H](N)C(=O)OC[C@H]1O[C@@H](n2cnc3c(=O)[nH]c(N)nc32)[C@H](O)[C@@H]1O. The molecule has 0 radical (unpaired) electrons. The van der Waals surface area contributed by atoms with E-state index in [1.54, 1.807) is 13.8 Å². The van der Waals surface area contributed by atoms with E-state index in [1.165, 1.54) is 10.9 Å². The number of aromatic amines is 1. The van der Waals surface area contributed by atoms with Crippen LogP contribution in [0.3, 0.4) is 0 Å². The minimum atomic E-state index is -1.37. The number of imidazole rings is 1. The van der Waals surface area contributed by atoms with Gasteiger partial charge in [-0.3, -0.25) is 19.1 Å². The summed E-state index contributed by atoms with van der Waals surface area (Å²) in [6.45, 7) is 3.26. The van der Waals surface area contributed by atoms with Crippen molar-refractivity contribution in [2.45, 2.75) is 44.4 Å². The van der Waals surface area contributed by atoms with Crippen LogP contribution in [0.25, 0.3) is 11.2 Å². The molecule has 0 saturated carbocycles. The van der Waals surface area contributed by atoms with Crippen LogP contribution >= 0.6 is 0 Å². The Kier molecular flexibility index (Phi) is 5.15.